The van der Waals surface area contributed by atoms with E-state index in [4.69, 9.17) is 8.37 Å². The topological polar surface area (TPSA) is 86.7 Å². The second-order valence-corrected chi connectivity index (χ2v) is 16.8. The maximum atomic E-state index is 13.8. The summed E-state index contributed by atoms with van der Waals surface area (Å²) >= 11 is 0. The van der Waals surface area contributed by atoms with Gasteiger partial charge in [-0.3, -0.25) is 8.37 Å². The summed E-state index contributed by atoms with van der Waals surface area (Å²) in [6.07, 6.45) is 2.45. The highest BCUT2D eigenvalue weighted by atomic mass is 32.2. The Morgan fingerprint density at radius 3 is 1.50 bits per heavy atom. The predicted molar refractivity (Wildman–Crippen MR) is 164 cm³/mol. The van der Waals surface area contributed by atoms with Crippen LogP contribution in [0.25, 0.3) is 11.1 Å². The summed E-state index contributed by atoms with van der Waals surface area (Å²) in [7, 11) is -8.45. The van der Waals surface area contributed by atoms with Gasteiger partial charge in [-0.25, -0.2) is 0 Å². The summed E-state index contributed by atoms with van der Waals surface area (Å²) in [6, 6.07) is 10.5. The molecule has 2 rings (SSSR count). The predicted octanol–water partition coefficient (Wildman–Crippen LogP) is 8.45. The Balaban J connectivity index is 2.92. The molecule has 0 aromatic heterocycles. The van der Waals surface area contributed by atoms with Crippen molar-refractivity contribution in [3.63, 3.8) is 0 Å². The van der Waals surface area contributed by atoms with E-state index >= 15 is 0 Å². The molecule has 8 heteroatoms. The molecule has 1 unspecified atom stereocenters. The minimum absolute atomic E-state index is 0.00747. The van der Waals surface area contributed by atoms with E-state index < -0.39 is 20.2 Å². The van der Waals surface area contributed by atoms with Crippen molar-refractivity contribution in [2.75, 3.05) is 13.2 Å². The zero-order valence-electron chi connectivity index (χ0n) is 26.3. The molecule has 40 heavy (non-hydrogen) atoms. The number of hydrogen-bond donors (Lipinski definition) is 0. The van der Waals surface area contributed by atoms with Gasteiger partial charge in [0.25, 0.3) is 20.2 Å². The van der Waals surface area contributed by atoms with E-state index in [1.54, 1.807) is 24.3 Å². The standard InChI is InChI=1S/C32H50O6S2/c1-12-23(4)24-15-17-26(28(19-24)39(33,34)37-21-30(5,6)7)27-18-16-25(32(11,13-2)14-3)20-29(27)40(35,36)38-22-31(8,9)10/h15-20,23H,12-14,21-22H2,1-11H3. The number of benzene rings is 2. The van der Waals surface area contributed by atoms with Crippen LogP contribution in [0.2, 0.25) is 0 Å². The van der Waals surface area contributed by atoms with Gasteiger partial charge < -0.3 is 0 Å². The third kappa shape index (κ3) is 8.63. The Bertz CT molecular complexity index is 1370. The Hall–Kier alpha value is -1.74. The van der Waals surface area contributed by atoms with Crippen LogP contribution < -0.4 is 0 Å². The van der Waals surface area contributed by atoms with E-state index in [0.29, 0.717) is 0 Å². The molecule has 0 radical (unpaired) electrons. The van der Waals surface area contributed by atoms with Crippen molar-refractivity contribution in [3.8, 4) is 11.1 Å². The van der Waals surface area contributed by atoms with Gasteiger partial charge in [-0.2, -0.15) is 16.8 Å². The molecular formula is C32H50O6S2. The van der Waals surface area contributed by atoms with Crippen molar-refractivity contribution in [1.82, 2.24) is 0 Å². The molecule has 1 atom stereocenters. The molecule has 6 nitrogen and oxygen atoms in total. The lowest BCUT2D eigenvalue weighted by atomic mass is 9.77. The van der Waals surface area contributed by atoms with Gasteiger partial charge >= 0.3 is 0 Å². The minimum Gasteiger partial charge on any atom is -0.266 e. The minimum atomic E-state index is -4.24. The van der Waals surface area contributed by atoms with Crippen molar-refractivity contribution in [1.29, 1.82) is 0 Å². The number of rotatable bonds is 12. The van der Waals surface area contributed by atoms with Crippen LogP contribution in [0.5, 0.6) is 0 Å². The fraction of sp³-hybridized carbons (Fsp3) is 0.625. The Kier molecular flexibility index (Phi) is 10.9. The van der Waals surface area contributed by atoms with E-state index in [9.17, 15) is 16.8 Å². The van der Waals surface area contributed by atoms with Gasteiger partial charge in [-0.1, -0.05) is 100 Å². The molecule has 0 bridgehead atoms. The van der Waals surface area contributed by atoms with Gasteiger partial charge in [-0.15, -0.1) is 0 Å². The van der Waals surface area contributed by atoms with Gasteiger partial charge in [0.05, 0.1) is 13.2 Å². The lowest BCUT2D eigenvalue weighted by Crippen LogP contribution is -2.22. The zero-order chi connectivity index (χ0) is 30.7. The van der Waals surface area contributed by atoms with E-state index in [1.807, 2.05) is 67.5 Å². The fourth-order valence-electron chi connectivity index (χ4n) is 4.13. The van der Waals surface area contributed by atoms with E-state index in [-0.39, 0.29) is 56.3 Å². The first-order valence-corrected chi connectivity index (χ1v) is 17.1. The molecule has 0 amide bonds. The zero-order valence-corrected chi connectivity index (χ0v) is 28.0. The van der Waals surface area contributed by atoms with Crippen molar-refractivity contribution >= 4 is 20.2 Å². The van der Waals surface area contributed by atoms with Crippen molar-refractivity contribution in [3.05, 3.63) is 47.5 Å². The summed E-state index contributed by atoms with van der Waals surface area (Å²) in [5.41, 5.74) is 1.24. The molecule has 0 fully saturated rings. The van der Waals surface area contributed by atoms with Gasteiger partial charge in [-0.05, 0) is 64.7 Å². The SMILES string of the molecule is CCC(C)c1ccc(-c2ccc(C(C)(CC)CC)cc2S(=O)(=O)OCC(C)(C)C)c(S(=O)(=O)OCC(C)(C)C)c1. The lowest BCUT2D eigenvalue weighted by Gasteiger charge is -2.29. The average Bonchev–Trinajstić information content (AvgIpc) is 2.88. The highest BCUT2D eigenvalue weighted by Gasteiger charge is 2.32. The molecule has 226 valence electrons. The Morgan fingerprint density at radius 2 is 1.10 bits per heavy atom. The summed E-state index contributed by atoms with van der Waals surface area (Å²) < 4.78 is 66.0. The molecule has 0 aliphatic heterocycles. The molecule has 2 aromatic carbocycles. The van der Waals surface area contributed by atoms with Crippen LogP contribution in [0.15, 0.2) is 46.2 Å². The van der Waals surface area contributed by atoms with Crippen LogP contribution in [0.3, 0.4) is 0 Å². The Morgan fingerprint density at radius 1 is 0.675 bits per heavy atom. The van der Waals surface area contributed by atoms with Gasteiger partial charge in [0.1, 0.15) is 9.79 Å². The van der Waals surface area contributed by atoms with E-state index in [1.165, 1.54) is 0 Å². The smallest absolute Gasteiger partial charge is 0.266 e. The quantitative estimate of drug-likeness (QED) is 0.229. The van der Waals surface area contributed by atoms with Crippen LogP contribution in [0, 0.1) is 10.8 Å². The van der Waals surface area contributed by atoms with E-state index in [2.05, 4.69) is 20.8 Å². The van der Waals surface area contributed by atoms with E-state index in [0.717, 1.165) is 30.4 Å². The highest BCUT2D eigenvalue weighted by Crippen LogP contribution is 2.40. The molecule has 0 saturated carbocycles. The molecule has 0 N–H and O–H groups in total. The first-order valence-electron chi connectivity index (χ1n) is 14.3. The maximum Gasteiger partial charge on any atom is 0.297 e. The van der Waals surface area contributed by atoms with Crippen LogP contribution >= 0.6 is 0 Å². The van der Waals surface area contributed by atoms with Gasteiger partial charge in [0.15, 0.2) is 0 Å². The molecule has 0 heterocycles. The summed E-state index contributed by atoms with van der Waals surface area (Å²) in [6.45, 7) is 21.7. The van der Waals surface area contributed by atoms with Crippen LogP contribution in [0.4, 0.5) is 0 Å². The van der Waals surface area contributed by atoms with Crippen molar-refractivity contribution < 1.29 is 25.2 Å². The normalized spacial score (nSPS) is 14.4. The summed E-state index contributed by atoms with van der Waals surface area (Å²) in [4.78, 5) is -0.0748. The second-order valence-electron chi connectivity index (χ2n) is 13.6. The number of hydrogen-bond acceptors (Lipinski definition) is 6. The highest BCUT2D eigenvalue weighted by molar-refractivity contribution is 7.87. The van der Waals surface area contributed by atoms with Gasteiger partial charge in [0, 0.05) is 11.1 Å². The molecule has 2 aromatic rings. The molecule has 0 saturated heterocycles. The molecular weight excluding hydrogens is 544 g/mol. The van der Waals surface area contributed by atoms with Crippen LogP contribution in [-0.2, 0) is 34.0 Å². The first-order chi connectivity index (χ1) is 18.2. The van der Waals surface area contributed by atoms with Crippen molar-refractivity contribution in [2.24, 2.45) is 10.8 Å². The first kappa shape index (κ1) is 34.5. The second kappa shape index (κ2) is 12.6. The monoisotopic (exact) mass is 594 g/mol. The van der Waals surface area contributed by atoms with Crippen LogP contribution in [-0.4, -0.2) is 30.0 Å². The Labute approximate surface area is 244 Å². The van der Waals surface area contributed by atoms with Crippen molar-refractivity contribution in [2.45, 2.75) is 117 Å². The van der Waals surface area contributed by atoms with Gasteiger partial charge in [0.2, 0.25) is 0 Å². The molecule has 0 aliphatic carbocycles. The molecule has 0 spiro atoms. The third-order valence-corrected chi connectivity index (χ3v) is 10.2. The van der Waals surface area contributed by atoms with Crippen LogP contribution in [0.1, 0.15) is 112 Å². The average molecular weight is 595 g/mol. The summed E-state index contributed by atoms with van der Waals surface area (Å²) in [5, 5.41) is 0. The third-order valence-electron chi connectivity index (χ3n) is 7.55. The fourth-order valence-corrected chi connectivity index (χ4v) is 6.85. The lowest BCUT2D eigenvalue weighted by molar-refractivity contribution is 0.203. The molecule has 0 aliphatic rings. The maximum absolute atomic E-state index is 13.8. The summed E-state index contributed by atoms with van der Waals surface area (Å²) in [5.74, 6) is 0.112. The largest absolute Gasteiger partial charge is 0.297 e.